The normalized spacial score (nSPS) is 23.8. The van der Waals surface area contributed by atoms with E-state index in [-0.39, 0.29) is 11.1 Å². The first-order valence-electron chi connectivity index (χ1n) is 7.62. The number of rotatable bonds is 3. The Hall–Kier alpha value is -2.32. The third kappa shape index (κ3) is 2.06. The van der Waals surface area contributed by atoms with E-state index in [1.165, 1.54) is 0 Å². The number of fused-ring (bicyclic) bond motifs is 1. The summed E-state index contributed by atoms with van der Waals surface area (Å²) in [5.74, 6) is 2.89. The van der Waals surface area contributed by atoms with Crippen molar-refractivity contribution in [3.63, 3.8) is 0 Å². The number of thiophene rings is 2. The number of hydrazone groups is 1. The van der Waals surface area contributed by atoms with E-state index >= 15 is 0 Å². The maximum atomic E-state index is 9.45. The molecule has 2 unspecified atom stereocenters. The minimum atomic E-state index is 0.0828. The first-order valence-corrected chi connectivity index (χ1v) is 9.38. The lowest BCUT2D eigenvalue weighted by molar-refractivity contribution is -0.476. The number of allylic oxidation sites excluding steroid dienone is 1. The average Bonchev–Trinajstić information content (AvgIpc) is 3.10. The molecule has 118 valence electrons. The summed E-state index contributed by atoms with van der Waals surface area (Å²) in [6, 6.07) is 10.2. The van der Waals surface area contributed by atoms with Crippen LogP contribution >= 0.6 is 22.7 Å². The smallest absolute Gasteiger partial charge is 0.252 e. The van der Waals surface area contributed by atoms with Crippen LogP contribution in [0.15, 0.2) is 45.8 Å². The highest BCUT2D eigenvalue weighted by Crippen LogP contribution is 2.62. The summed E-state index contributed by atoms with van der Waals surface area (Å²) in [6.45, 7) is 4.51. The van der Waals surface area contributed by atoms with E-state index in [0.717, 1.165) is 21.2 Å². The summed E-state index contributed by atoms with van der Waals surface area (Å²) in [5, 5.41) is 25.8. The zero-order chi connectivity index (χ0) is 16.9. The van der Waals surface area contributed by atoms with Crippen LogP contribution in [0.5, 0.6) is 0 Å². The van der Waals surface area contributed by atoms with Crippen LogP contribution in [-0.2, 0) is 0 Å². The molecule has 1 fully saturated rings. The van der Waals surface area contributed by atoms with Gasteiger partial charge in [0.25, 0.3) is 0 Å². The van der Waals surface area contributed by atoms with Crippen molar-refractivity contribution in [3.8, 4) is 6.07 Å². The first kappa shape index (κ1) is 15.2. The van der Waals surface area contributed by atoms with Gasteiger partial charge in [0.1, 0.15) is 5.71 Å². The van der Waals surface area contributed by atoms with Gasteiger partial charge in [0, 0.05) is 11.0 Å². The summed E-state index contributed by atoms with van der Waals surface area (Å²) >= 11 is 3.31. The Morgan fingerprint density at radius 2 is 1.88 bits per heavy atom. The molecule has 0 spiro atoms. The van der Waals surface area contributed by atoms with Crippen molar-refractivity contribution >= 4 is 40.0 Å². The Labute approximate surface area is 148 Å². The predicted molar refractivity (Wildman–Crippen MR) is 97.2 cm³/mol. The van der Waals surface area contributed by atoms with Crippen molar-refractivity contribution in [3.05, 3.63) is 50.5 Å². The largest absolute Gasteiger partial charge is 0.376 e. The zero-order valence-electron chi connectivity index (χ0n) is 13.3. The van der Waals surface area contributed by atoms with Gasteiger partial charge in [0.2, 0.25) is 5.71 Å². The number of hydrogen-bond acceptors (Lipinski definition) is 5. The van der Waals surface area contributed by atoms with E-state index in [0.29, 0.717) is 11.8 Å². The molecule has 2 atom stereocenters. The summed E-state index contributed by atoms with van der Waals surface area (Å²) in [6.07, 6.45) is 0. The molecule has 2 aromatic heterocycles. The minimum absolute atomic E-state index is 0.0828. The van der Waals surface area contributed by atoms with Crippen LogP contribution in [-0.4, -0.2) is 22.0 Å². The topological polar surface area (TPSA) is 63.0 Å². The van der Waals surface area contributed by atoms with Crippen LogP contribution in [0.25, 0.3) is 0 Å². The van der Waals surface area contributed by atoms with Gasteiger partial charge in [-0.15, -0.1) is 22.7 Å². The molecule has 0 aromatic carbocycles. The SMILES string of the molecule is CC1(C)C2C(c3cccs3)=N[N+](C(=C=N)C#N)=C(c3cccs3)C21. The van der Waals surface area contributed by atoms with Gasteiger partial charge in [-0.25, -0.2) is 0 Å². The quantitative estimate of drug-likeness (QED) is 0.508. The van der Waals surface area contributed by atoms with E-state index in [2.05, 4.69) is 37.9 Å². The number of nitrogens with zero attached hydrogens (tertiary/aromatic N) is 3. The second-order valence-electron chi connectivity index (χ2n) is 6.50. The highest BCUT2D eigenvalue weighted by Gasteiger charge is 2.69. The Kier molecular flexibility index (Phi) is 3.40. The maximum Gasteiger partial charge on any atom is 0.376 e. The van der Waals surface area contributed by atoms with Gasteiger partial charge in [-0.2, -0.15) is 5.26 Å². The van der Waals surface area contributed by atoms with Gasteiger partial charge in [-0.1, -0.05) is 26.0 Å². The molecule has 3 heterocycles. The monoisotopic (exact) mass is 351 g/mol. The van der Waals surface area contributed by atoms with E-state index in [1.807, 2.05) is 22.9 Å². The molecule has 2 aromatic rings. The third-order valence-corrected chi connectivity index (χ3v) is 6.62. The lowest BCUT2D eigenvalue weighted by Crippen LogP contribution is -2.27. The van der Waals surface area contributed by atoms with Crippen LogP contribution in [0, 0.1) is 34.0 Å². The van der Waals surface area contributed by atoms with Gasteiger partial charge in [-0.05, 0) is 33.0 Å². The van der Waals surface area contributed by atoms with Crippen molar-refractivity contribution in [1.82, 2.24) is 0 Å². The van der Waals surface area contributed by atoms with Crippen LogP contribution in [0.2, 0.25) is 0 Å². The minimum Gasteiger partial charge on any atom is -0.252 e. The van der Waals surface area contributed by atoms with Crippen LogP contribution in [0.1, 0.15) is 23.6 Å². The summed E-state index contributed by atoms with van der Waals surface area (Å²) in [7, 11) is 0. The summed E-state index contributed by atoms with van der Waals surface area (Å²) in [4.78, 5) is 2.24. The highest BCUT2D eigenvalue weighted by molar-refractivity contribution is 7.12. The van der Waals surface area contributed by atoms with Crippen LogP contribution in [0.3, 0.4) is 0 Å². The summed E-state index contributed by atoms with van der Waals surface area (Å²) in [5.41, 5.74) is 2.26. The third-order valence-electron chi connectivity index (χ3n) is 4.84. The number of nitrogens with one attached hydrogen (secondary N) is 1. The molecule has 0 bridgehead atoms. The lowest BCUT2D eigenvalue weighted by atomic mass is 10.0. The number of hydrogen-bond donors (Lipinski definition) is 1. The molecule has 6 heteroatoms. The van der Waals surface area contributed by atoms with Crippen molar-refractivity contribution in [2.45, 2.75) is 13.8 Å². The van der Waals surface area contributed by atoms with Gasteiger partial charge in [0.05, 0.1) is 21.5 Å². The number of nitriles is 1. The second kappa shape index (κ2) is 5.35. The fraction of sp³-hybridized carbons (Fsp3) is 0.278. The van der Waals surface area contributed by atoms with Gasteiger partial charge in [-0.3, -0.25) is 5.41 Å². The van der Waals surface area contributed by atoms with E-state index < -0.39 is 0 Å². The standard InChI is InChI=1S/C18H15N4S2/c1-18(2)14-15(18)17(13-6-4-8-24-13)22(11(9-19)10-20)21-16(14)12-5-3-7-23-12/h3-8,14-15,19H,1-2H3/q+1. The Morgan fingerprint density at radius 1 is 1.21 bits per heavy atom. The van der Waals surface area contributed by atoms with E-state index in [9.17, 15) is 5.26 Å². The maximum absolute atomic E-state index is 9.45. The fourth-order valence-electron chi connectivity index (χ4n) is 3.62. The molecule has 0 radical (unpaired) electrons. The predicted octanol–water partition coefficient (Wildman–Crippen LogP) is 3.96. The van der Waals surface area contributed by atoms with Gasteiger partial charge < -0.3 is 0 Å². The molecule has 1 saturated carbocycles. The molecule has 1 aliphatic heterocycles. The van der Waals surface area contributed by atoms with Crippen molar-refractivity contribution in [1.29, 1.82) is 10.7 Å². The lowest BCUT2D eigenvalue weighted by Gasteiger charge is -2.08. The van der Waals surface area contributed by atoms with E-state index in [4.69, 9.17) is 10.5 Å². The molecule has 4 nitrogen and oxygen atoms in total. The molecule has 0 saturated heterocycles. The van der Waals surface area contributed by atoms with Crippen molar-refractivity contribution in [2.75, 3.05) is 0 Å². The van der Waals surface area contributed by atoms with Gasteiger partial charge in [0.15, 0.2) is 6.07 Å². The molecule has 24 heavy (non-hydrogen) atoms. The molecule has 4 rings (SSSR count). The molecule has 1 aliphatic carbocycles. The molecular weight excluding hydrogens is 336 g/mol. The fourth-order valence-corrected chi connectivity index (χ4v) is 5.17. The average molecular weight is 351 g/mol. The van der Waals surface area contributed by atoms with Crippen LogP contribution in [0.4, 0.5) is 0 Å². The molecular formula is C18H15N4S2+. The van der Waals surface area contributed by atoms with Crippen molar-refractivity contribution in [2.24, 2.45) is 22.4 Å². The molecule has 2 aliphatic rings. The van der Waals surface area contributed by atoms with Crippen LogP contribution < -0.4 is 0 Å². The Morgan fingerprint density at radius 3 is 2.42 bits per heavy atom. The first-order chi connectivity index (χ1) is 11.6. The van der Waals surface area contributed by atoms with Crippen molar-refractivity contribution < 1.29 is 4.68 Å². The van der Waals surface area contributed by atoms with Gasteiger partial charge >= 0.3 is 5.70 Å². The van der Waals surface area contributed by atoms with E-state index in [1.54, 1.807) is 27.4 Å². The summed E-state index contributed by atoms with van der Waals surface area (Å²) < 4.78 is 1.64. The Balaban J connectivity index is 2.00. The molecule has 1 N–H and O–H groups in total. The zero-order valence-corrected chi connectivity index (χ0v) is 14.9. The second-order valence-corrected chi connectivity index (χ2v) is 8.39. The molecule has 0 amide bonds. The Bertz CT molecular complexity index is 949. The highest BCUT2D eigenvalue weighted by atomic mass is 32.1.